The van der Waals surface area contributed by atoms with Gasteiger partial charge in [-0.25, -0.2) is 4.39 Å². The average molecular weight is 246 g/mol. The molecule has 13 heavy (non-hydrogen) atoms. The molecule has 1 aromatic carbocycles. The van der Waals surface area contributed by atoms with Gasteiger partial charge in [0.25, 0.3) is 0 Å². The second kappa shape index (κ2) is 4.61. The lowest BCUT2D eigenvalue weighted by Gasteiger charge is -2.20. The zero-order chi connectivity index (χ0) is 9.84. The molecule has 0 aliphatic rings. The SMILES string of the molecule is CCN(C)c1c(F)cccc1CBr. The van der Waals surface area contributed by atoms with Crippen molar-refractivity contribution in [1.29, 1.82) is 0 Å². The highest BCUT2D eigenvalue weighted by molar-refractivity contribution is 9.08. The van der Waals surface area contributed by atoms with Crippen molar-refractivity contribution in [1.82, 2.24) is 0 Å². The number of benzene rings is 1. The van der Waals surface area contributed by atoms with Crippen LogP contribution in [0.4, 0.5) is 10.1 Å². The molecule has 0 saturated heterocycles. The van der Waals surface area contributed by atoms with Crippen LogP contribution in [-0.4, -0.2) is 13.6 Å². The van der Waals surface area contributed by atoms with Gasteiger partial charge in [-0.2, -0.15) is 0 Å². The zero-order valence-corrected chi connectivity index (χ0v) is 9.44. The van der Waals surface area contributed by atoms with E-state index in [4.69, 9.17) is 0 Å². The van der Waals surface area contributed by atoms with E-state index in [2.05, 4.69) is 15.9 Å². The van der Waals surface area contributed by atoms with Gasteiger partial charge in [0.05, 0.1) is 5.69 Å². The Morgan fingerprint density at radius 3 is 2.69 bits per heavy atom. The van der Waals surface area contributed by atoms with Gasteiger partial charge >= 0.3 is 0 Å². The molecule has 1 rings (SSSR count). The van der Waals surface area contributed by atoms with Crippen molar-refractivity contribution in [3.8, 4) is 0 Å². The molecule has 0 bridgehead atoms. The van der Waals surface area contributed by atoms with Crippen molar-refractivity contribution in [3.63, 3.8) is 0 Å². The molecule has 1 aromatic rings. The maximum atomic E-state index is 13.4. The molecule has 72 valence electrons. The second-order valence-corrected chi connectivity index (χ2v) is 3.46. The molecule has 0 fully saturated rings. The van der Waals surface area contributed by atoms with E-state index < -0.39 is 0 Å². The van der Waals surface area contributed by atoms with Gasteiger partial charge in [-0.15, -0.1) is 0 Å². The number of hydrogen-bond acceptors (Lipinski definition) is 1. The van der Waals surface area contributed by atoms with Crippen LogP contribution in [0.1, 0.15) is 12.5 Å². The number of halogens is 2. The Morgan fingerprint density at radius 1 is 1.46 bits per heavy atom. The van der Waals surface area contributed by atoms with Crippen LogP contribution in [0.25, 0.3) is 0 Å². The lowest BCUT2D eigenvalue weighted by Crippen LogP contribution is -2.18. The lowest BCUT2D eigenvalue weighted by molar-refractivity contribution is 0.622. The fourth-order valence-electron chi connectivity index (χ4n) is 1.25. The summed E-state index contributed by atoms with van der Waals surface area (Å²) in [6.07, 6.45) is 0. The molecular weight excluding hydrogens is 233 g/mol. The van der Waals surface area contributed by atoms with Crippen molar-refractivity contribution < 1.29 is 4.39 Å². The first-order valence-electron chi connectivity index (χ1n) is 4.25. The minimum atomic E-state index is -0.152. The first-order chi connectivity index (χ1) is 6.20. The van der Waals surface area contributed by atoms with Gasteiger partial charge in [-0.1, -0.05) is 28.1 Å². The van der Waals surface area contributed by atoms with Crippen LogP contribution < -0.4 is 4.90 Å². The summed E-state index contributed by atoms with van der Waals surface area (Å²) in [5, 5.41) is 0.685. The third-order valence-electron chi connectivity index (χ3n) is 2.07. The van der Waals surface area contributed by atoms with Gasteiger partial charge in [0, 0.05) is 18.9 Å². The fourth-order valence-corrected chi connectivity index (χ4v) is 1.71. The molecule has 0 atom stereocenters. The summed E-state index contributed by atoms with van der Waals surface area (Å²) in [5.74, 6) is -0.152. The van der Waals surface area contributed by atoms with Crippen LogP contribution in [0.15, 0.2) is 18.2 Å². The predicted octanol–water partition coefficient (Wildman–Crippen LogP) is 3.18. The normalized spacial score (nSPS) is 10.2. The largest absolute Gasteiger partial charge is 0.372 e. The van der Waals surface area contributed by atoms with E-state index in [1.54, 1.807) is 6.07 Å². The van der Waals surface area contributed by atoms with Gasteiger partial charge in [-0.05, 0) is 18.6 Å². The molecular formula is C10H13BrFN. The summed E-state index contributed by atoms with van der Waals surface area (Å²) in [5.41, 5.74) is 1.69. The summed E-state index contributed by atoms with van der Waals surface area (Å²) in [4.78, 5) is 1.91. The summed E-state index contributed by atoms with van der Waals surface area (Å²) >= 11 is 3.35. The van der Waals surface area contributed by atoms with Crippen LogP contribution in [0.2, 0.25) is 0 Å². The molecule has 0 aliphatic heterocycles. The van der Waals surface area contributed by atoms with Crippen LogP contribution in [0, 0.1) is 5.82 Å². The topological polar surface area (TPSA) is 3.24 Å². The summed E-state index contributed by atoms with van der Waals surface area (Å²) in [7, 11) is 1.89. The Morgan fingerprint density at radius 2 is 2.15 bits per heavy atom. The van der Waals surface area contributed by atoms with E-state index in [1.807, 2.05) is 24.9 Å². The first kappa shape index (κ1) is 10.5. The summed E-state index contributed by atoms with van der Waals surface area (Å²) < 4.78 is 13.4. The summed E-state index contributed by atoms with van der Waals surface area (Å²) in [6.45, 7) is 2.81. The summed E-state index contributed by atoms with van der Waals surface area (Å²) in [6, 6.07) is 5.16. The van der Waals surface area contributed by atoms with Crippen molar-refractivity contribution in [3.05, 3.63) is 29.6 Å². The highest BCUT2D eigenvalue weighted by atomic mass is 79.9. The molecule has 0 unspecified atom stereocenters. The zero-order valence-electron chi connectivity index (χ0n) is 7.85. The molecule has 0 aliphatic carbocycles. The van der Waals surface area contributed by atoms with E-state index in [0.29, 0.717) is 11.0 Å². The van der Waals surface area contributed by atoms with Crippen molar-refractivity contribution in [2.24, 2.45) is 0 Å². The Kier molecular flexibility index (Phi) is 3.72. The van der Waals surface area contributed by atoms with Gasteiger partial charge in [0.2, 0.25) is 0 Å². The molecule has 0 saturated carbocycles. The third-order valence-corrected chi connectivity index (χ3v) is 2.67. The highest BCUT2D eigenvalue weighted by Crippen LogP contribution is 2.24. The number of rotatable bonds is 3. The van der Waals surface area contributed by atoms with E-state index in [9.17, 15) is 4.39 Å². The highest BCUT2D eigenvalue weighted by Gasteiger charge is 2.10. The maximum Gasteiger partial charge on any atom is 0.146 e. The lowest BCUT2D eigenvalue weighted by atomic mass is 10.2. The Bertz CT molecular complexity index is 288. The molecule has 0 radical (unpaired) electrons. The number of nitrogens with zero attached hydrogens (tertiary/aromatic N) is 1. The average Bonchev–Trinajstić information content (AvgIpc) is 2.16. The number of hydrogen-bond donors (Lipinski definition) is 0. The molecule has 0 spiro atoms. The molecule has 0 aromatic heterocycles. The molecule has 0 heterocycles. The minimum absolute atomic E-state index is 0.152. The van der Waals surface area contributed by atoms with Gasteiger partial charge in [0.15, 0.2) is 0 Å². The second-order valence-electron chi connectivity index (χ2n) is 2.90. The van der Waals surface area contributed by atoms with Crippen LogP contribution in [-0.2, 0) is 5.33 Å². The standard InChI is InChI=1S/C10H13BrFN/c1-3-13(2)10-8(7-11)5-4-6-9(10)12/h4-6H,3,7H2,1-2H3. The smallest absolute Gasteiger partial charge is 0.146 e. The van der Waals surface area contributed by atoms with Crippen molar-refractivity contribution in [2.75, 3.05) is 18.5 Å². The molecule has 3 heteroatoms. The van der Waals surface area contributed by atoms with Crippen molar-refractivity contribution >= 4 is 21.6 Å². The number of para-hydroxylation sites is 1. The maximum absolute atomic E-state index is 13.4. The Hall–Kier alpha value is -0.570. The van der Waals surface area contributed by atoms with Gasteiger partial charge < -0.3 is 4.90 Å². The van der Waals surface area contributed by atoms with E-state index in [0.717, 1.165) is 12.1 Å². The predicted molar refractivity (Wildman–Crippen MR) is 58.0 cm³/mol. The van der Waals surface area contributed by atoms with Crippen molar-refractivity contribution in [2.45, 2.75) is 12.3 Å². The van der Waals surface area contributed by atoms with Crippen LogP contribution in [0.5, 0.6) is 0 Å². The molecule has 1 nitrogen and oxygen atoms in total. The van der Waals surface area contributed by atoms with Crippen LogP contribution >= 0.6 is 15.9 Å². The number of alkyl halides is 1. The van der Waals surface area contributed by atoms with E-state index in [-0.39, 0.29) is 5.82 Å². The monoisotopic (exact) mass is 245 g/mol. The molecule has 0 amide bonds. The number of anilines is 1. The van der Waals surface area contributed by atoms with E-state index >= 15 is 0 Å². The van der Waals surface area contributed by atoms with Gasteiger partial charge in [-0.3, -0.25) is 0 Å². The Labute approximate surface area is 86.7 Å². The Balaban J connectivity index is 3.14. The first-order valence-corrected chi connectivity index (χ1v) is 5.37. The van der Waals surface area contributed by atoms with Crippen LogP contribution in [0.3, 0.4) is 0 Å². The van der Waals surface area contributed by atoms with E-state index in [1.165, 1.54) is 6.07 Å². The van der Waals surface area contributed by atoms with Gasteiger partial charge in [0.1, 0.15) is 5.82 Å². The minimum Gasteiger partial charge on any atom is -0.372 e. The third kappa shape index (κ3) is 2.21. The quantitative estimate of drug-likeness (QED) is 0.740. The fraction of sp³-hybridized carbons (Fsp3) is 0.400. The molecule has 0 N–H and O–H groups in total.